The molecule has 1 unspecified atom stereocenters. The standard InChI is InChI=1S/C14H18N2O2/c1-3-6-11(2)16-14(17)9-10-18-13-8-5-4-7-12(13)15/h1,4-5,7-8,11H,6,9-10,15H2,2H3,(H,16,17). The van der Waals surface area contributed by atoms with Crippen molar-refractivity contribution >= 4 is 11.6 Å². The molecule has 0 spiro atoms. The number of para-hydroxylation sites is 2. The van der Waals surface area contributed by atoms with E-state index in [1.54, 1.807) is 12.1 Å². The molecule has 18 heavy (non-hydrogen) atoms. The normalized spacial score (nSPS) is 11.3. The summed E-state index contributed by atoms with van der Waals surface area (Å²) in [5.74, 6) is 3.02. The van der Waals surface area contributed by atoms with Crippen molar-refractivity contribution in [2.75, 3.05) is 12.3 Å². The Kier molecular flexibility index (Phi) is 5.59. The number of terminal acetylenes is 1. The molecule has 1 atom stereocenters. The second-order valence-corrected chi connectivity index (χ2v) is 4.01. The number of anilines is 1. The smallest absolute Gasteiger partial charge is 0.223 e. The lowest BCUT2D eigenvalue weighted by Crippen LogP contribution is -2.33. The van der Waals surface area contributed by atoms with Gasteiger partial charge in [0.2, 0.25) is 5.91 Å². The Morgan fingerprint density at radius 1 is 1.56 bits per heavy atom. The van der Waals surface area contributed by atoms with Gasteiger partial charge in [-0.3, -0.25) is 4.79 Å². The van der Waals surface area contributed by atoms with Gasteiger partial charge < -0.3 is 15.8 Å². The Hall–Kier alpha value is -2.15. The second kappa shape index (κ2) is 7.23. The van der Waals surface area contributed by atoms with Crippen molar-refractivity contribution in [3.63, 3.8) is 0 Å². The predicted octanol–water partition coefficient (Wildman–Crippen LogP) is 1.57. The number of nitrogens with two attached hydrogens (primary N) is 1. The first-order valence-electron chi connectivity index (χ1n) is 5.83. The molecular formula is C14H18N2O2. The summed E-state index contributed by atoms with van der Waals surface area (Å²) < 4.78 is 5.42. The van der Waals surface area contributed by atoms with Crippen LogP contribution in [-0.2, 0) is 4.79 Å². The van der Waals surface area contributed by atoms with Crippen LogP contribution >= 0.6 is 0 Å². The van der Waals surface area contributed by atoms with Gasteiger partial charge in [-0.1, -0.05) is 12.1 Å². The monoisotopic (exact) mass is 246 g/mol. The first kappa shape index (κ1) is 13.9. The number of ether oxygens (including phenoxy) is 1. The van der Waals surface area contributed by atoms with Crippen molar-refractivity contribution in [1.82, 2.24) is 5.32 Å². The maximum Gasteiger partial charge on any atom is 0.223 e. The van der Waals surface area contributed by atoms with E-state index < -0.39 is 0 Å². The van der Waals surface area contributed by atoms with Crippen LogP contribution in [-0.4, -0.2) is 18.6 Å². The van der Waals surface area contributed by atoms with E-state index in [9.17, 15) is 4.79 Å². The highest BCUT2D eigenvalue weighted by molar-refractivity contribution is 5.76. The summed E-state index contributed by atoms with van der Waals surface area (Å²) in [6, 6.07) is 7.18. The second-order valence-electron chi connectivity index (χ2n) is 4.01. The minimum atomic E-state index is -0.0766. The van der Waals surface area contributed by atoms with Crippen LogP contribution in [0.1, 0.15) is 19.8 Å². The number of nitrogen functional groups attached to an aromatic ring is 1. The summed E-state index contributed by atoms with van der Waals surface area (Å²) in [5, 5.41) is 2.79. The number of carbonyl (C=O) groups excluding carboxylic acids is 1. The molecule has 0 aliphatic carbocycles. The van der Waals surface area contributed by atoms with Gasteiger partial charge in [-0.05, 0) is 19.1 Å². The van der Waals surface area contributed by atoms with Gasteiger partial charge in [0.1, 0.15) is 5.75 Å². The summed E-state index contributed by atoms with van der Waals surface area (Å²) in [6.45, 7) is 2.16. The summed E-state index contributed by atoms with van der Waals surface area (Å²) in [7, 11) is 0. The minimum Gasteiger partial charge on any atom is -0.491 e. The molecule has 0 aromatic heterocycles. The molecule has 0 aliphatic rings. The fourth-order valence-corrected chi connectivity index (χ4v) is 1.44. The quantitative estimate of drug-likeness (QED) is 0.591. The van der Waals surface area contributed by atoms with Crippen molar-refractivity contribution in [3.05, 3.63) is 24.3 Å². The minimum absolute atomic E-state index is 0.00991. The van der Waals surface area contributed by atoms with E-state index in [0.29, 0.717) is 24.5 Å². The zero-order chi connectivity index (χ0) is 13.4. The summed E-state index contributed by atoms with van der Waals surface area (Å²) in [5.41, 5.74) is 6.28. The number of hydrogen-bond acceptors (Lipinski definition) is 3. The van der Waals surface area contributed by atoms with Crippen molar-refractivity contribution in [2.24, 2.45) is 0 Å². The van der Waals surface area contributed by atoms with E-state index >= 15 is 0 Å². The van der Waals surface area contributed by atoms with Crippen molar-refractivity contribution < 1.29 is 9.53 Å². The van der Waals surface area contributed by atoms with Crippen LogP contribution in [0.5, 0.6) is 5.75 Å². The highest BCUT2D eigenvalue weighted by Gasteiger charge is 2.06. The Bertz CT molecular complexity index is 438. The Morgan fingerprint density at radius 2 is 2.28 bits per heavy atom. The highest BCUT2D eigenvalue weighted by atomic mass is 16.5. The van der Waals surface area contributed by atoms with Crippen LogP contribution in [0.2, 0.25) is 0 Å². The van der Waals surface area contributed by atoms with Gasteiger partial charge in [-0.2, -0.15) is 0 Å². The number of hydrogen-bond donors (Lipinski definition) is 2. The lowest BCUT2D eigenvalue weighted by Gasteiger charge is -2.12. The lowest BCUT2D eigenvalue weighted by molar-refractivity contribution is -0.122. The maximum absolute atomic E-state index is 11.5. The molecule has 0 radical (unpaired) electrons. The van der Waals surface area contributed by atoms with E-state index in [4.69, 9.17) is 16.9 Å². The summed E-state index contributed by atoms with van der Waals surface area (Å²) in [4.78, 5) is 11.5. The molecule has 1 aromatic carbocycles. The number of carbonyl (C=O) groups is 1. The van der Waals surface area contributed by atoms with Gasteiger partial charge >= 0.3 is 0 Å². The van der Waals surface area contributed by atoms with E-state index in [-0.39, 0.29) is 18.4 Å². The van der Waals surface area contributed by atoms with Gasteiger partial charge in [0, 0.05) is 12.5 Å². The van der Waals surface area contributed by atoms with Crippen LogP contribution in [0.15, 0.2) is 24.3 Å². The van der Waals surface area contributed by atoms with Crippen molar-refractivity contribution in [1.29, 1.82) is 0 Å². The zero-order valence-electron chi connectivity index (χ0n) is 10.5. The first-order valence-corrected chi connectivity index (χ1v) is 5.83. The number of nitrogens with one attached hydrogen (secondary N) is 1. The fraction of sp³-hybridized carbons (Fsp3) is 0.357. The van der Waals surface area contributed by atoms with Crippen LogP contribution in [0.25, 0.3) is 0 Å². The molecule has 4 heteroatoms. The largest absolute Gasteiger partial charge is 0.491 e. The molecule has 0 saturated heterocycles. The number of rotatable bonds is 6. The van der Waals surface area contributed by atoms with E-state index in [1.165, 1.54) is 0 Å². The molecule has 1 aromatic rings. The van der Waals surface area contributed by atoms with Crippen LogP contribution in [0, 0.1) is 12.3 Å². The predicted molar refractivity (Wildman–Crippen MR) is 72.0 cm³/mol. The molecule has 1 amide bonds. The molecule has 4 nitrogen and oxygen atoms in total. The van der Waals surface area contributed by atoms with Gasteiger partial charge in [-0.25, -0.2) is 0 Å². The summed E-state index contributed by atoms with van der Waals surface area (Å²) >= 11 is 0. The van der Waals surface area contributed by atoms with E-state index in [2.05, 4.69) is 11.2 Å². The Balaban J connectivity index is 2.28. The topological polar surface area (TPSA) is 64.3 Å². The third-order valence-electron chi connectivity index (χ3n) is 2.34. The highest BCUT2D eigenvalue weighted by Crippen LogP contribution is 2.19. The molecular weight excluding hydrogens is 228 g/mol. The van der Waals surface area contributed by atoms with Gasteiger partial charge in [-0.15, -0.1) is 12.3 Å². The van der Waals surface area contributed by atoms with Crippen LogP contribution < -0.4 is 15.8 Å². The van der Waals surface area contributed by atoms with Crippen LogP contribution in [0.4, 0.5) is 5.69 Å². The number of benzene rings is 1. The molecule has 0 heterocycles. The van der Waals surface area contributed by atoms with Crippen molar-refractivity contribution in [3.8, 4) is 18.1 Å². The maximum atomic E-state index is 11.5. The van der Waals surface area contributed by atoms with Crippen molar-refractivity contribution in [2.45, 2.75) is 25.8 Å². The van der Waals surface area contributed by atoms with Gasteiger partial charge in [0.05, 0.1) is 18.7 Å². The Morgan fingerprint density at radius 3 is 2.94 bits per heavy atom. The molecule has 0 bridgehead atoms. The average molecular weight is 246 g/mol. The third kappa shape index (κ3) is 4.79. The SMILES string of the molecule is C#CCC(C)NC(=O)CCOc1ccccc1N. The van der Waals surface area contributed by atoms with Gasteiger partial charge in [0.25, 0.3) is 0 Å². The van der Waals surface area contributed by atoms with Gasteiger partial charge in [0.15, 0.2) is 0 Å². The molecule has 1 rings (SSSR count). The molecule has 0 aliphatic heterocycles. The molecule has 0 saturated carbocycles. The first-order chi connectivity index (χ1) is 8.63. The Labute approximate surface area is 108 Å². The fourth-order valence-electron chi connectivity index (χ4n) is 1.44. The molecule has 3 N–H and O–H groups in total. The van der Waals surface area contributed by atoms with E-state index in [1.807, 2.05) is 19.1 Å². The average Bonchev–Trinajstić information content (AvgIpc) is 2.31. The lowest BCUT2D eigenvalue weighted by atomic mass is 10.2. The molecule has 96 valence electrons. The van der Waals surface area contributed by atoms with E-state index in [0.717, 1.165) is 0 Å². The summed E-state index contributed by atoms with van der Waals surface area (Å²) in [6.07, 6.45) is 5.97. The third-order valence-corrected chi connectivity index (χ3v) is 2.34. The zero-order valence-corrected chi connectivity index (χ0v) is 10.5. The van der Waals surface area contributed by atoms with Crippen LogP contribution in [0.3, 0.4) is 0 Å². The number of amides is 1. The molecule has 0 fully saturated rings.